The molecule has 0 aliphatic carbocycles. The highest BCUT2D eigenvalue weighted by Crippen LogP contribution is 2.36. The lowest BCUT2D eigenvalue weighted by Crippen LogP contribution is -2.42. The molecule has 1 saturated heterocycles. The molecule has 3 aromatic rings. The maximum atomic E-state index is 13.0. The molecule has 3 aromatic carbocycles. The van der Waals surface area contributed by atoms with Gasteiger partial charge in [0.05, 0.1) is 5.60 Å². The van der Waals surface area contributed by atoms with Gasteiger partial charge in [0.15, 0.2) is 6.23 Å². The molecule has 2 heterocycles. The monoisotopic (exact) mass is 458 g/mol. The van der Waals surface area contributed by atoms with Crippen molar-refractivity contribution in [2.75, 3.05) is 26.2 Å². The van der Waals surface area contributed by atoms with Crippen LogP contribution in [0.4, 0.5) is 0 Å². The Balaban J connectivity index is 1.05. The van der Waals surface area contributed by atoms with Crippen molar-refractivity contribution in [1.82, 2.24) is 9.80 Å². The zero-order chi connectivity index (χ0) is 23.5. The van der Waals surface area contributed by atoms with Gasteiger partial charge in [-0.05, 0) is 49.2 Å². The van der Waals surface area contributed by atoms with Gasteiger partial charge in [0.25, 0.3) is 5.91 Å². The van der Waals surface area contributed by atoms with Crippen LogP contribution in [0.2, 0.25) is 0 Å². The number of piperidine rings is 1. The van der Waals surface area contributed by atoms with Crippen molar-refractivity contribution < 1.29 is 15.0 Å². The standard InChI is InChI=1S/C29H34N2O3/c32-27-24-14-8-10-22-11-9-15-25(26(22)24)28(33)31(27)19-7-2-1-6-18-30-20-16-29(34,17-21-30)23-12-4-3-5-13-23/h3-5,8-15,27,32,34H,1-2,6-7,16-21H2. The van der Waals surface area contributed by atoms with E-state index < -0.39 is 11.8 Å². The third kappa shape index (κ3) is 4.48. The van der Waals surface area contributed by atoms with Crippen molar-refractivity contribution in [1.29, 1.82) is 0 Å². The van der Waals surface area contributed by atoms with Crippen LogP contribution in [0.15, 0.2) is 66.7 Å². The summed E-state index contributed by atoms with van der Waals surface area (Å²) in [5.74, 6) is -0.0731. The van der Waals surface area contributed by atoms with E-state index in [-0.39, 0.29) is 5.91 Å². The Hall–Kier alpha value is -2.73. The summed E-state index contributed by atoms with van der Waals surface area (Å²) in [5.41, 5.74) is 1.86. The van der Waals surface area contributed by atoms with Crippen LogP contribution in [-0.4, -0.2) is 52.1 Å². The fraction of sp³-hybridized carbons (Fsp3) is 0.414. The lowest BCUT2D eigenvalue weighted by Gasteiger charge is -2.38. The number of nitrogens with zero attached hydrogens (tertiary/aromatic N) is 2. The Morgan fingerprint density at radius 1 is 0.824 bits per heavy atom. The van der Waals surface area contributed by atoms with Crippen molar-refractivity contribution >= 4 is 16.7 Å². The first-order chi connectivity index (χ1) is 16.6. The van der Waals surface area contributed by atoms with Gasteiger partial charge in [-0.15, -0.1) is 0 Å². The second-order valence-corrected chi connectivity index (χ2v) is 9.78. The molecule has 178 valence electrons. The van der Waals surface area contributed by atoms with Crippen molar-refractivity contribution in [3.63, 3.8) is 0 Å². The van der Waals surface area contributed by atoms with Crippen LogP contribution in [0.3, 0.4) is 0 Å². The smallest absolute Gasteiger partial charge is 0.256 e. The van der Waals surface area contributed by atoms with Gasteiger partial charge in [-0.3, -0.25) is 4.79 Å². The molecular formula is C29H34N2O3. The van der Waals surface area contributed by atoms with Gasteiger partial charge in [0.2, 0.25) is 0 Å². The van der Waals surface area contributed by atoms with E-state index in [1.54, 1.807) is 4.90 Å². The summed E-state index contributed by atoms with van der Waals surface area (Å²) in [6.07, 6.45) is 4.81. The maximum absolute atomic E-state index is 13.0. The van der Waals surface area contributed by atoms with E-state index in [0.29, 0.717) is 12.1 Å². The average Bonchev–Trinajstić information content (AvgIpc) is 2.88. The lowest BCUT2D eigenvalue weighted by molar-refractivity contribution is -0.0261. The SMILES string of the molecule is O=C1c2cccc3cccc(c23)C(O)N1CCCCCCN1CCC(O)(c2ccccc2)CC1. The van der Waals surface area contributed by atoms with E-state index in [9.17, 15) is 15.0 Å². The van der Waals surface area contributed by atoms with E-state index in [0.717, 1.165) is 80.1 Å². The molecule has 5 heteroatoms. The predicted molar refractivity (Wildman–Crippen MR) is 134 cm³/mol. The molecule has 1 atom stereocenters. The first-order valence-corrected chi connectivity index (χ1v) is 12.6. The Morgan fingerprint density at radius 3 is 2.24 bits per heavy atom. The molecule has 5 rings (SSSR count). The highest BCUT2D eigenvalue weighted by atomic mass is 16.3. The summed E-state index contributed by atoms with van der Waals surface area (Å²) in [6.45, 7) is 3.46. The van der Waals surface area contributed by atoms with Crippen LogP contribution in [0.25, 0.3) is 10.8 Å². The molecule has 0 spiro atoms. The molecular weight excluding hydrogens is 424 g/mol. The minimum atomic E-state index is -0.872. The zero-order valence-corrected chi connectivity index (χ0v) is 19.7. The van der Waals surface area contributed by atoms with Crippen molar-refractivity contribution in [2.24, 2.45) is 0 Å². The largest absolute Gasteiger partial charge is 0.385 e. The number of hydrogen-bond donors (Lipinski definition) is 2. The Kier molecular flexibility index (Phi) is 6.68. The number of benzene rings is 3. The molecule has 0 aromatic heterocycles. The van der Waals surface area contributed by atoms with Crippen LogP contribution in [0.5, 0.6) is 0 Å². The summed E-state index contributed by atoms with van der Waals surface area (Å²) < 4.78 is 0. The van der Waals surface area contributed by atoms with Crippen LogP contribution in [0.1, 0.15) is 66.2 Å². The number of carbonyl (C=O) groups excluding carboxylic acids is 1. The van der Waals surface area contributed by atoms with Gasteiger partial charge in [0.1, 0.15) is 0 Å². The van der Waals surface area contributed by atoms with Crippen molar-refractivity contribution in [3.8, 4) is 0 Å². The summed E-state index contributed by atoms with van der Waals surface area (Å²) in [5, 5.41) is 23.8. The van der Waals surface area contributed by atoms with E-state index in [2.05, 4.69) is 4.90 Å². The van der Waals surface area contributed by atoms with Crippen LogP contribution < -0.4 is 0 Å². The number of amides is 1. The Bertz CT molecular complexity index is 1130. The number of aliphatic hydroxyl groups is 2. The summed E-state index contributed by atoms with van der Waals surface area (Å²) in [6, 6.07) is 21.7. The van der Waals surface area contributed by atoms with Crippen LogP contribution in [0, 0.1) is 0 Å². The Morgan fingerprint density at radius 2 is 1.50 bits per heavy atom. The quantitative estimate of drug-likeness (QED) is 0.475. The molecule has 5 nitrogen and oxygen atoms in total. The summed E-state index contributed by atoms with van der Waals surface area (Å²) >= 11 is 0. The van der Waals surface area contributed by atoms with Gasteiger partial charge in [-0.25, -0.2) is 0 Å². The van der Waals surface area contributed by atoms with Gasteiger partial charge in [-0.2, -0.15) is 0 Å². The molecule has 2 aliphatic rings. The molecule has 0 radical (unpaired) electrons. The first kappa shape index (κ1) is 23.0. The van der Waals surface area contributed by atoms with Crippen molar-refractivity contribution in [3.05, 3.63) is 83.4 Å². The van der Waals surface area contributed by atoms with Crippen LogP contribution in [-0.2, 0) is 5.60 Å². The van der Waals surface area contributed by atoms with E-state index in [1.165, 1.54) is 0 Å². The lowest BCUT2D eigenvalue weighted by atomic mass is 9.84. The van der Waals surface area contributed by atoms with E-state index in [4.69, 9.17) is 0 Å². The number of carbonyl (C=O) groups is 1. The van der Waals surface area contributed by atoms with Gasteiger partial charge in [0, 0.05) is 36.1 Å². The second kappa shape index (κ2) is 9.87. The second-order valence-electron chi connectivity index (χ2n) is 9.78. The predicted octanol–water partition coefficient (Wildman–Crippen LogP) is 4.83. The Labute approximate surface area is 201 Å². The summed E-state index contributed by atoms with van der Waals surface area (Å²) in [7, 11) is 0. The molecule has 1 fully saturated rings. The van der Waals surface area contributed by atoms with E-state index >= 15 is 0 Å². The zero-order valence-electron chi connectivity index (χ0n) is 19.7. The third-order valence-electron chi connectivity index (χ3n) is 7.62. The number of rotatable bonds is 8. The van der Waals surface area contributed by atoms with E-state index in [1.807, 2.05) is 66.7 Å². The molecule has 2 N–H and O–H groups in total. The maximum Gasteiger partial charge on any atom is 0.256 e. The van der Waals surface area contributed by atoms with Crippen molar-refractivity contribution in [2.45, 2.75) is 50.4 Å². The number of aliphatic hydroxyl groups excluding tert-OH is 1. The van der Waals surface area contributed by atoms with Gasteiger partial charge >= 0.3 is 0 Å². The molecule has 34 heavy (non-hydrogen) atoms. The topological polar surface area (TPSA) is 64.0 Å². The minimum Gasteiger partial charge on any atom is -0.385 e. The van der Waals surface area contributed by atoms with Gasteiger partial charge in [-0.1, -0.05) is 73.5 Å². The fourth-order valence-corrected chi connectivity index (χ4v) is 5.58. The summed E-state index contributed by atoms with van der Waals surface area (Å²) in [4.78, 5) is 17.1. The van der Waals surface area contributed by atoms with Gasteiger partial charge < -0.3 is 20.0 Å². The average molecular weight is 459 g/mol. The number of unbranched alkanes of at least 4 members (excludes halogenated alkanes) is 3. The molecule has 0 bridgehead atoms. The number of likely N-dealkylation sites (tertiary alicyclic amines) is 1. The normalized spacial score (nSPS) is 20.1. The minimum absolute atomic E-state index is 0.0731. The molecule has 0 saturated carbocycles. The highest BCUT2D eigenvalue weighted by Gasteiger charge is 2.34. The number of hydrogen-bond acceptors (Lipinski definition) is 4. The molecule has 1 unspecified atom stereocenters. The first-order valence-electron chi connectivity index (χ1n) is 12.6. The third-order valence-corrected chi connectivity index (χ3v) is 7.62. The fourth-order valence-electron chi connectivity index (χ4n) is 5.58. The molecule has 2 aliphatic heterocycles. The van der Waals surface area contributed by atoms with Crippen LogP contribution >= 0.6 is 0 Å². The molecule has 1 amide bonds. The highest BCUT2D eigenvalue weighted by molar-refractivity contribution is 6.10.